The van der Waals surface area contributed by atoms with Crippen molar-refractivity contribution in [3.63, 3.8) is 0 Å². The Labute approximate surface area is 98.1 Å². The third-order valence-corrected chi connectivity index (χ3v) is 1.79. The topological polar surface area (TPSA) is 75.6 Å². The van der Waals surface area contributed by atoms with Crippen LogP contribution in [0.2, 0.25) is 0 Å². The zero-order chi connectivity index (χ0) is 13.9. The number of alkyl halides is 2. The summed E-state index contributed by atoms with van der Waals surface area (Å²) in [4.78, 5) is 21.8. The van der Waals surface area contributed by atoms with E-state index in [4.69, 9.17) is 9.84 Å². The number of alkyl carbamates (subject to hydrolysis) is 1. The molecule has 0 bridgehead atoms. The molecule has 0 aliphatic rings. The van der Waals surface area contributed by atoms with Gasteiger partial charge in [0.05, 0.1) is 6.42 Å². The number of hydrogen-bond donors (Lipinski definition) is 2. The van der Waals surface area contributed by atoms with Gasteiger partial charge < -0.3 is 15.2 Å². The Bertz CT molecular complexity index is 301. The summed E-state index contributed by atoms with van der Waals surface area (Å²) >= 11 is 0. The molecule has 1 atom stereocenters. The highest BCUT2D eigenvalue weighted by molar-refractivity contribution is 5.73. The number of carbonyl (C=O) groups excluding carboxylic acids is 1. The summed E-state index contributed by atoms with van der Waals surface area (Å²) in [6, 6.07) is 0. The monoisotopic (exact) mass is 253 g/mol. The highest BCUT2D eigenvalue weighted by Crippen LogP contribution is 2.20. The Balaban J connectivity index is 4.66. The fraction of sp³-hybridized carbons (Fsp3) is 0.800. The maximum atomic E-state index is 12.7. The molecule has 0 aliphatic heterocycles. The molecule has 0 fully saturated rings. The third kappa shape index (κ3) is 6.03. The summed E-state index contributed by atoms with van der Waals surface area (Å²) < 4.78 is 30.2. The average molecular weight is 253 g/mol. The van der Waals surface area contributed by atoms with Gasteiger partial charge >= 0.3 is 12.1 Å². The summed E-state index contributed by atoms with van der Waals surface area (Å²) in [5.74, 6) is -1.43. The van der Waals surface area contributed by atoms with Crippen LogP contribution in [-0.2, 0) is 9.53 Å². The number of carboxylic acids is 1. The van der Waals surface area contributed by atoms with E-state index in [1.165, 1.54) is 0 Å². The molecule has 0 aromatic carbocycles. The van der Waals surface area contributed by atoms with Gasteiger partial charge in [0, 0.05) is 0 Å². The predicted octanol–water partition coefficient (Wildman–Crippen LogP) is 2.01. The van der Waals surface area contributed by atoms with E-state index in [1.54, 1.807) is 20.8 Å². The van der Waals surface area contributed by atoms with Crippen LogP contribution in [0.3, 0.4) is 0 Å². The first-order valence-corrected chi connectivity index (χ1v) is 4.97. The van der Waals surface area contributed by atoms with E-state index < -0.39 is 36.0 Å². The molecule has 100 valence electrons. The minimum atomic E-state index is -3.01. The Morgan fingerprint density at radius 3 is 2.06 bits per heavy atom. The lowest BCUT2D eigenvalue weighted by Gasteiger charge is -2.29. The molecular weight excluding hydrogens is 236 g/mol. The molecule has 0 spiro atoms. The molecule has 2 N–H and O–H groups in total. The van der Waals surface area contributed by atoms with Gasteiger partial charge in [-0.25, -0.2) is 13.6 Å². The molecule has 1 amide bonds. The molecule has 0 rings (SSSR count). The van der Waals surface area contributed by atoms with Crippen LogP contribution in [0, 0.1) is 0 Å². The molecular formula is C10H17F2NO4. The molecule has 0 heterocycles. The van der Waals surface area contributed by atoms with Gasteiger partial charge in [-0.1, -0.05) is 0 Å². The second-order valence-electron chi connectivity index (χ2n) is 4.92. The minimum Gasteiger partial charge on any atom is -0.481 e. The van der Waals surface area contributed by atoms with Crippen LogP contribution in [0.25, 0.3) is 0 Å². The fourth-order valence-corrected chi connectivity index (χ4v) is 1.03. The maximum Gasteiger partial charge on any atom is 0.408 e. The van der Waals surface area contributed by atoms with Crippen molar-refractivity contribution >= 4 is 12.1 Å². The van der Waals surface area contributed by atoms with Crippen LogP contribution in [0.15, 0.2) is 0 Å². The summed E-state index contributed by atoms with van der Waals surface area (Å²) in [7, 11) is 0. The normalized spacial score (nSPS) is 15.2. The number of nitrogens with one attached hydrogen (secondary N) is 1. The van der Waals surface area contributed by atoms with Crippen molar-refractivity contribution in [3.8, 4) is 0 Å². The van der Waals surface area contributed by atoms with Gasteiger partial charge in [0.25, 0.3) is 6.43 Å². The molecule has 0 saturated carbocycles. The summed E-state index contributed by atoms with van der Waals surface area (Å²) in [5.41, 5.74) is -2.98. The molecule has 5 nitrogen and oxygen atoms in total. The highest BCUT2D eigenvalue weighted by Gasteiger charge is 2.40. The van der Waals surface area contributed by atoms with Gasteiger partial charge in [0.15, 0.2) is 0 Å². The Morgan fingerprint density at radius 1 is 1.29 bits per heavy atom. The number of halogens is 2. The largest absolute Gasteiger partial charge is 0.481 e. The maximum absolute atomic E-state index is 12.7. The van der Waals surface area contributed by atoms with Gasteiger partial charge in [0.2, 0.25) is 0 Å². The Hall–Kier alpha value is -1.40. The number of carbonyl (C=O) groups is 2. The van der Waals surface area contributed by atoms with E-state index in [0.717, 1.165) is 6.92 Å². The first-order valence-electron chi connectivity index (χ1n) is 4.97. The average Bonchev–Trinajstić information content (AvgIpc) is 1.96. The van der Waals surface area contributed by atoms with Crippen molar-refractivity contribution in [2.75, 3.05) is 0 Å². The van der Waals surface area contributed by atoms with Crippen molar-refractivity contribution in [2.24, 2.45) is 0 Å². The van der Waals surface area contributed by atoms with E-state index in [1.807, 2.05) is 5.32 Å². The van der Waals surface area contributed by atoms with E-state index in [2.05, 4.69) is 0 Å². The first kappa shape index (κ1) is 15.6. The van der Waals surface area contributed by atoms with Crippen LogP contribution >= 0.6 is 0 Å². The SMILES string of the molecule is CC(C)(C)OC(=O)NC(C)(CC(=O)O)C(F)F. The van der Waals surface area contributed by atoms with Crippen LogP contribution in [-0.4, -0.2) is 34.7 Å². The lowest BCUT2D eigenvalue weighted by Crippen LogP contribution is -2.53. The highest BCUT2D eigenvalue weighted by atomic mass is 19.3. The first-order chi connectivity index (χ1) is 7.46. The quantitative estimate of drug-likeness (QED) is 0.803. The van der Waals surface area contributed by atoms with E-state index >= 15 is 0 Å². The number of ether oxygens (including phenoxy) is 1. The summed E-state index contributed by atoms with van der Waals surface area (Å²) in [6.45, 7) is 5.67. The van der Waals surface area contributed by atoms with E-state index in [0.29, 0.717) is 0 Å². The molecule has 0 saturated heterocycles. The lowest BCUT2D eigenvalue weighted by molar-refractivity contribution is -0.140. The fourth-order valence-electron chi connectivity index (χ4n) is 1.03. The Morgan fingerprint density at radius 2 is 1.76 bits per heavy atom. The van der Waals surface area contributed by atoms with Crippen molar-refractivity contribution < 1.29 is 28.2 Å². The van der Waals surface area contributed by atoms with Gasteiger partial charge in [0.1, 0.15) is 11.1 Å². The molecule has 17 heavy (non-hydrogen) atoms. The second-order valence-corrected chi connectivity index (χ2v) is 4.92. The molecule has 0 aromatic rings. The van der Waals surface area contributed by atoms with Crippen molar-refractivity contribution in [1.29, 1.82) is 0 Å². The standard InChI is InChI=1S/C10H17F2NO4/c1-9(2,3)17-8(16)13-10(4,7(11)12)5-6(14)15/h7H,5H2,1-4H3,(H,13,16)(H,14,15). The van der Waals surface area contributed by atoms with Gasteiger partial charge in [-0.3, -0.25) is 4.79 Å². The number of rotatable bonds is 4. The molecule has 0 aliphatic carbocycles. The van der Waals surface area contributed by atoms with Crippen LogP contribution < -0.4 is 5.32 Å². The predicted molar refractivity (Wildman–Crippen MR) is 56.0 cm³/mol. The summed E-state index contributed by atoms with van der Waals surface area (Å²) in [5, 5.41) is 10.4. The molecule has 0 aromatic heterocycles. The zero-order valence-electron chi connectivity index (χ0n) is 10.2. The van der Waals surface area contributed by atoms with Crippen molar-refractivity contribution in [1.82, 2.24) is 5.32 Å². The van der Waals surface area contributed by atoms with Gasteiger partial charge in [-0.2, -0.15) is 0 Å². The molecule has 7 heteroatoms. The molecule has 0 radical (unpaired) electrons. The van der Waals surface area contributed by atoms with Crippen LogP contribution in [0.4, 0.5) is 13.6 Å². The summed E-state index contributed by atoms with van der Waals surface area (Å²) in [6.07, 6.45) is -4.96. The van der Waals surface area contributed by atoms with Crippen LogP contribution in [0.1, 0.15) is 34.1 Å². The number of aliphatic carboxylic acids is 1. The van der Waals surface area contributed by atoms with Gasteiger partial charge in [-0.05, 0) is 27.7 Å². The number of hydrogen-bond acceptors (Lipinski definition) is 3. The van der Waals surface area contributed by atoms with E-state index in [9.17, 15) is 18.4 Å². The van der Waals surface area contributed by atoms with E-state index in [-0.39, 0.29) is 0 Å². The number of carboxylic acid groups (broad SMARTS) is 1. The van der Waals surface area contributed by atoms with Gasteiger partial charge in [-0.15, -0.1) is 0 Å². The molecule has 1 unspecified atom stereocenters. The second kappa shape index (κ2) is 5.29. The lowest BCUT2D eigenvalue weighted by atomic mass is 9.99. The van der Waals surface area contributed by atoms with Crippen LogP contribution in [0.5, 0.6) is 0 Å². The third-order valence-electron chi connectivity index (χ3n) is 1.79. The minimum absolute atomic E-state index is 0.837. The van der Waals surface area contributed by atoms with Crippen molar-refractivity contribution in [2.45, 2.75) is 51.7 Å². The zero-order valence-corrected chi connectivity index (χ0v) is 10.2. The number of amides is 1. The smallest absolute Gasteiger partial charge is 0.408 e. The Kier molecular flexibility index (Phi) is 4.85. The van der Waals surface area contributed by atoms with Crippen molar-refractivity contribution in [3.05, 3.63) is 0 Å².